The summed E-state index contributed by atoms with van der Waals surface area (Å²) in [6.45, 7) is 9.34. The van der Waals surface area contributed by atoms with Gasteiger partial charge in [-0.25, -0.2) is 9.97 Å². The van der Waals surface area contributed by atoms with E-state index in [9.17, 15) is 0 Å². The van der Waals surface area contributed by atoms with E-state index in [-0.39, 0.29) is 0 Å². The first-order chi connectivity index (χ1) is 7.10. The molecule has 1 rings (SSSR count). The van der Waals surface area contributed by atoms with E-state index in [1.54, 1.807) is 0 Å². The van der Waals surface area contributed by atoms with E-state index >= 15 is 0 Å². The van der Waals surface area contributed by atoms with Gasteiger partial charge in [-0.3, -0.25) is 0 Å². The molecule has 3 nitrogen and oxygen atoms in total. The van der Waals surface area contributed by atoms with Crippen molar-refractivity contribution in [2.75, 3.05) is 11.9 Å². The van der Waals surface area contributed by atoms with Crippen molar-refractivity contribution in [3.8, 4) is 0 Å². The number of aryl methyl sites for hydroxylation is 1. The van der Waals surface area contributed by atoms with Gasteiger partial charge in [0.2, 0.25) is 0 Å². The molecule has 0 saturated heterocycles. The Morgan fingerprint density at radius 1 is 1.33 bits per heavy atom. The first-order valence-corrected chi connectivity index (χ1v) is 6.45. The fourth-order valence-corrected chi connectivity index (χ4v) is 1.70. The van der Waals surface area contributed by atoms with Crippen molar-refractivity contribution in [3.05, 3.63) is 15.1 Å². The van der Waals surface area contributed by atoms with Gasteiger partial charge in [0.05, 0.1) is 9.26 Å². The molecule has 0 aliphatic heterocycles. The third kappa shape index (κ3) is 3.03. The maximum absolute atomic E-state index is 4.56. The molecule has 1 atom stereocenters. The van der Waals surface area contributed by atoms with Crippen LogP contribution in [0.4, 0.5) is 5.82 Å². The number of nitrogens with one attached hydrogen (secondary N) is 1. The van der Waals surface area contributed by atoms with Gasteiger partial charge in [-0.15, -0.1) is 0 Å². The standard InChI is InChI=1S/C11H18IN3/c1-5-7(3)10-14-8(4)9(12)11(15-10)13-6-2/h7H,5-6H2,1-4H3,(H,13,14,15). The molecule has 0 amide bonds. The lowest BCUT2D eigenvalue weighted by atomic mass is 10.1. The quantitative estimate of drug-likeness (QED) is 0.865. The van der Waals surface area contributed by atoms with Gasteiger partial charge in [0.1, 0.15) is 11.6 Å². The minimum atomic E-state index is 0.429. The fourth-order valence-electron chi connectivity index (χ4n) is 1.27. The minimum absolute atomic E-state index is 0.429. The summed E-state index contributed by atoms with van der Waals surface area (Å²) in [5, 5.41) is 3.28. The zero-order valence-corrected chi connectivity index (χ0v) is 11.9. The van der Waals surface area contributed by atoms with Crippen molar-refractivity contribution in [2.45, 2.75) is 40.0 Å². The number of hydrogen-bond acceptors (Lipinski definition) is 3. The molecule has 0 bridgehead atoms. The van der Waals surface area contributed by atoms with Crippen LogP contribution in [0.25, 0.3) is 0 Å². The van der Waals surface area contributed by atoms with E-state index in [4.69, 9.17) is 0 Å². The number of hydrogen-bond donors (Lipinski definition) is 1. The average Bonchev–Trinajstić information content (AvgIpc) is 2.23. The lowest BCUT2D eigenvalue weighted by molar-refractivity contribution is 0.674. The highest BCUT2D eigenvalue weighted by Gasteiger charge is 2.12. The zero-order chi connectivity index (χ0) is 11.4. The summed E-state index contributed by atoms with van der Waals surface area (Å²) in [7, 11) is 0. The smallest absolute Gasteiger partial charge is 0.143 e. The Hall–Kier alpha value is -0.390. The summed E-state index contributed by atoms with van der Waals surface area (Å²) in [5.74, 6) is 2.35. The summed E-state index contributed by atoms with van der Waals surface area (Å²) >= 11 is 2.29. The van der Waals surface area contributed by atoms with Gasteiger partial charge in [-0.05, 0) is 42.9 Å². The molecule has 1 aromatic rings. The van der Waals surface area contributed by atoms with E-state index < -0.39 is 0 Å². The summed E-state index contributed by atoms with van der Waals surface area (Å²) in [4.78, 5) is 9.09. The Bertz CT molecular complexity index is 339. The van der Waals surface area contributed by atoms with E-state index in [2.05, 4.69) is 58.6 Å². The Balaban J connectivity index is 3.11. The molecule has 0 saturated carbocycles. The molecule has 0 spiro atoms. The van der Waals surface area contributed by atoms with Crippen molar-refractivity contribution in [1.82, 2.24) is 9.97 Å². The van der Waals surface area contributed by atoms with Gasteiger partial charge in [-0.1, -0.05) is 13.8 Å². The predicted molar refractivity (Wildman–Crippen MR) is 72.4 cm³/mol. The molecule has 1 N–H and O–H groups in total. The van der Waals surface area contributed by atoms with Gasteiger partial charge in [0, 0.05) is 12.5 Å². The van der Waals surface area contributed by atoms with Gasteiger partial charge < -0.3 is 5.32 Å². The molecule has 0 aromatic carbocycles. The molecule has 0 aliphatic rings. The molecular formula is C11H18IN3. The van der Waals surface area contributed by atoms with Crippen LogP contribution in [-0.2, 0) is 0 Å². The van der Waals surface area contributed by atoms with E-state index in [1.807, 2.05) is 6.92 Å². The molecule has 0 fully saturated rings. The number of halogens is 1. The SMILES string of the molecule is CCNc1nc(C(C)CC)nc(C)c1I. The highest BCUT2D eigenvalue weighted by atomic mass is 127. The van der Waals surface area contributed by atoms with Gasteiger partial charge in [-0.2, -0.15) is 0 Å². The van der Waals surface area contributed by atoms with Crippen LogP contribution in [0.3, 0.4) is 0 Å². The molecule has 1 aromatic heterocycles. The third-order valence-electron chi connectivity index (χ3n) is 2.43. The van der Waals surface area contributed by atoms with Crippen LogP contribution in [0.5, 0.6) is 0 Å². The molecule has 1 unspecified atom stereocenters. The van der Waals surface area contributed by atoms with Crippen LogP contribution in [0.1, 0.15) is 44.6 Å². The Morgan fingerprint density at radius 2 is 2.00 bits per heavy atom. The van der Waals surface area contributed by atoms with Crippen LogP contribution >= 0.6 is 22.6 Å². The fraction of sp³-hybridized carbons (Fsp3) is 0.636. The number of nitrogens with zero attached hydrogens (tertiary/aromatic N) is 2. The molecule has 0 aliphatic carbocycles. The summed E-state index contributed by atoms with van der Waals surface area (Å²) in [5.41, 5.74) is 1.07. The predicted octanol–water partition coefficient (Wildman–Crippen LogP) is 3.33. The number of anilines is 1. The molecule has 84 valence electrons. The number of rotatable bonds is 4. The van der Waals surface area contributed by atoms with Gasteiger partial charge in [0.25, 0.3) is 0 Å². The maximum atomic E-state index is 4.56. The monoisotopic (exact) mass is 319 g/mol. The highest BCUT2D eigenvalue weighted by molar-refractivity contribution is 14.1. The van der Waals surface area contributed by atoms with Crippen molar-refractivity contribution < 1.29 is 0 Å². The summed E-state index contributed by atoms with van der Waals surface area (Å²) < 4.78 is 1.13. The molecule has 15 heavy (non-hydrogen) atoms. The van der Waals surface area contributed by atoms with E-state index in [0.717, 1.165) is 33.9 Å². The van der Waals surface area contributed by atoms with Crippen LogP contribution < -0.4 is 5.32 Å². The van der Waals surface area contributed by atoms with Crippen LogP contribution in [0.15, 0.2) is 0 Å². The van der Waals surface area contributed by atoms with Crippen molar-refractivity contribution >= 4 is 28.4 Å². The first kappa shape index (κ1) is 12.7. The lowest BCUT2D eigenvalue weighted by Gasteiger charge is -2.13. The summed E-state index contributed by atoms with van der Waals surface area (Å²) in [6, 6.07) is 0. The van der Waals surface area contributed by atoms with Gasteiger partial charge >= 0.3 is 0 Å². The zero-order valence-electron chi connectivity index (χ0n) is 9.76. The van der Waals surface area contributed by atoms with Crippen molar-refractivity contribution in [3.63, 3.8) is 0 Å². The van der Waals surface area contributed by atoms with E-state index in [1.165, 1.54) is 0 Å². The Kier molecular flexibility index (Phi) is 4.76. The summed E-state index contributed by atoms with van der Waals surface area (Å²) in [6.07, 6.45) is 1.07. The normalized spacial score (nSPS) is 12.6. The first-order valence-electron chi connectivity index (χ1n) is 5.38. The highest BCUT2D eigenvalue weighted by Crippen LogP contribution is 2.22. The second-order valence-electron chi connectivity index (χ2n) is 3.67. The molecule has 1 heterocycles. The molecule has 0 radical (unpaired) electrons. The molecule has 4 heteroatoms. The second-order valence-corrected chi connectivity index (χ2v) is 4.75. The average molecular weight is 319 g/mol. The Labute approximate surface area is 105 Å². The van der Waals surface area contributed by atoms with Gasteiger partial charge in [0.15, 0.2) is 0 Å². The van der Waals surface area contributed by atoms with E-state index in [0.29, 0.717) is 5.92 Å². The largest absolute Gasteiger partial charge is 0.369 e. The van der Waals surface area contributed by atoms with Crippen LogP contribution in [-0.4, -0.2) is 16.5 Å². The van der Waals surface area contributed by atoms with Crippen molar-refractivity contribution in [2.24, 2.45) is 0 Å². The lowest BCUT2D eigenvalue weighted by Crippen LogP contribution is -2.09. The van der Waals surface area contributed by atoms with Crippen molar-refractivity contribution in [1.29, 1.82) is 0 Å². The maximum Gasteiger partial charge on any atom is 0.143 e. The van der Waals surface area contributed by atoms with Crippen LogP contribution in [0, 0.1) is 10.5 Å². The molecular weight excluding hydrogens is 301 g/mol. The Morgan fingerprint density at radius 3 is 2.53 bits per heavy atom. The topological polar surface area (TPSA) is 37.8 Å². The minimum Gasteiger partial charge on any atom is -0.369 e. The van der Waals surface area contributed by atoms with Crippen LogP contribution in [0.2, 0.25) is 0 Å². The number of aromatic nitrogens is 2. The third-order valence-corrected chi connectivity index (χ3v) is 3.72. The second kappa shape index (κ2) is 5.63.